The molecule has 2 aliphatic rings. The van der Waals surface area contributed by atoms with E-state index < -0.39 is 5.97 Å². The molecule has 0 saturated carbocycles. The molecule has 29 heavy (non-hydrogen) atoms. The number of hydrogen-bond acceptors (Lipinski definition) is 5. The number of carbonyl (C=O) groups excluding carboxylic acids is 3. The lowest BCUT2D eigenvalue weighted by Gasteiger charge is -2.35. The van der Waals surface area contributed by atoms with Crippen LogP contribution in [0.3, 0.4) is 0 Å². The molecule has 2 aromatic rings. The summed E-state index contributed by atoms with van der Waals surface area (Å²) in [4.78, 5) is 41.4. The number of nitrogens with one attached hydrogen (secondary N) is 1. The number of quaternary nitrogens is 1. The number of anilines is 2. The standard InChI is InChI=1S/C22H23N3O4/c1-16(26)29-19-9-7-18(8-10-19)25-21(27)15-20(22(25)28)24-13-11-23(12-14-24)17-5-3-2-4-6-17/h2-10,20H,11-15H2,1H3/p+1/t20-/m1/s1. The summed E-state index contributed by atoms with van der Waals surface area (Å²) in [5, 5.41) is 0. The summed E-state index contributed by atoms with van der Waals surface area (Å²) < 4.78 is 5.01. The first kappa shape index (κ1) is 19.1. The summed E-state index contributed by atoms with van der Waals surface area (Å²) in [5.41, 5.74) is 1.70. The molecule has 2 fully saturated rings. The Hall–Kier alpha value is -3.19. The van der Waals surface area contributed by atoms with E-state index in [2.05, 4.69) is 17.0 Å². The normalized spacial score (nSPS) is 20.2. The number of para-hydroxylation sites is 1. The highest BCUT2D eigenvalue weighted by molar-refractivity contribution is 6.21. The number of esters is 1. The average molecular weight is 394 g/mol. The van der Waals surface area contributed by atoms with Crippen molar-refractivity contribution in [2.24, 2.45) is 0 Å². The summed E-state index contributed by atoms with van der Waals surface area (Å²) in [6.45, 7) is 4.67. The molecule has 2 heterocycles. The molecule has 7 heteroatoms. The molecule has 0 radical (unpaired) electrons. The summed E-state index contributed by atoms with van der Waals surface area (Å²) in [6.07, 6.45) is 0.227. The molecule has 2 saturated heterocycles. The van der Waals surface area contributed by atoms with Gasteiger partial charge in [-0.15, -0.1) is 0 Å². The fraction of sp³-hybridized carbons (Fsp3) is 0.318. The van der Waals surface area contributed by atoms with Gasteiger partial charge in [-0.3, -0.25) is 14.4 Å². The van der Waals surface area contributed by atoms with E-state index in [1.165, 1.54) is 17.5 Å². The first-order valence-corrected chi connectivity index (χ1v) is 9.83. The van der Waals surface area contributed by atoms with Crippen molar-refractivity contribution in [2.75, 3.05) is 36.0 Å². The first-order chi connectivity index (χ1) is 14.0. The van der Waals surface area contributed by atoms with Gasteiger partial charge in [0.05, 0.1) is 38.3 Å². The molecule has 2 amide bonds. The van der Waals surface area contributed by atoms with Crippen LogP contribution < -0.4 is 19.4 Å². The van der Waals surface area contributed by atoms with Gasteiger partial charge in [-0.2, -0.15) is 0 Å². The minimum Gasteiger partial charge on any atom is -0.427 e. The smallest absolute Gasteiger partial charge is 0.308 e. The second-order valence-electron chi connectivity index (χ2n) is 7.39. The Morgan fingerprint density at radius 3 is 2.24 bits per heavy atom. The van der Waals surface area contributed by atoms with E-state index in [0.717, 1.165) is 31.1 Å². The lowest BCUT2D eigenvalue weighted by atomic mass is 10.1. The molecule has 2 aliphatic heterocycles. The number of amides is 2. The Labute approximate surface area is 169 Å². The van der Waals surface area contributed by atoms with Gasteiger partial charge in [0, 0.05) is 12.6 Å². The highest BCUT2D eigenvalue weighted by Crippen LogP contribution is 2.25. The number of piperazine rings is 1. The molecule has 2 aromatic carbocycles. The van der Waals surface area contributed by atoms with Crippen molar-refractivity contribution in [3.63, 3.8) is 0 Å². The Bertz CT molecular complexity index is 905. The Morgan fingerprint density at radius 2 is 1.62 bits per heavy atom. The fourth-order valence-corrected chi connectivity index (χ4v) is 4.09. The van der Waals surface area contributed by atoms with Crippen LogP contribution in [0.2, 0.25) is 0 Å². The van der Waals surface area contributed by atoms with E-state index >= 15 is 0 Å². The molecule has 1 N–H and O–H groups in total. The number of imide groups is 1. The molecule has 0 aliphatic carbocycles. The predicted octanol–water partition coefficient (Wildman–Crippen LogP) is 0.649. The quantitative estimate of drug-likeness (QED) is 0.468. The summed E-state index contributed by atoms with van der Waals surface area (Å²) in [7, 11) is 0. The third-order valence-corrected chi connectivity index (χ3v) is 5.52. The van der Waals surface area contributed by atoms with Gasteiger partial charge in [0.25, 0.3) is 5.91 Å². The molecular formula is C22H24N3O4+. The van der Waals surface area contributed by atoms with Crippen LogP contribution in [0.5, 0.6) is 5.75 Å². The second-order valence-corrected chi connectivity index (χ2v) is 7.39. The van der Waals surface area contributed by atoms with Crippen molar-refractivity contribution in [1.82, 2.24) is 0 Å². The highest BCUT2D eigenvalue weighted by atomic mass is 16.5. The highest BCUT2D eigenvalue weighted by Gasteiger charge is 2.46. The van der Waals surface area contributed by atoms with Crippen LogP contribution in [0.4, 0.5) is 11.4 Å². The van der Waals surface area contributed by atoms with Gasteiger partial charge in [0.2, 0.25) is 5.91 Å². The molecule has 150 valence electrons. The van der Waals surface area contributed by atoms with Gasteiger partial charge in [0.15, 0.2) is 6.04 Å². The van der Waals surface area contributed by atoms with Crippen LogP contribution >= 0.6 is 0 Å². The van der Waals surface area contributed by atoms with Crippen LogP contribution in [-0.4, -0.2) is 50.0 Å². The van der Waals surface area contributed by atoms with Gasteiger partial charge in [-0.25, -0.2) is 4.90 Å². The molecule has 0 unspecified atom stereocenters. The average Bonchev–Trinajstić information content (AvgIpc) is 3.03. The van der Waals surface area contributed by atoms with Crippen molar-refractivity contribution < 1.29 is 24.0 Å². The predicted molar refractivity (Wildman–Crippen MR) is 108 cm³/mol. The van der Waals surface area contributed by atoms with E-state index in [1.807, 2.05) is 18.2 Å². The lowest BCUT2D eigenvalue weighted by molar-refractivity contribution is -0.915. The van der Waals surface area contributed by atoms with Crippen LogP contribution in [0, 0.1) is 0 Å². The molecule has 0 aromatic heterocycles. The molecule has 1 atom stereocenters. The van der Waals surface area contributed by atoms with Crippen molar-refractivity contribution in [1.29, 1.82) is 0 Å². The third-order valence-electron chi connectivity index (χ3n) is 5.52. The molecular weight excluding hydrogens is 370 g/mol. The van der Waals surface area contributed by atoms with Crippen LogP contribution in [0.1, 0.15) is 13.3 Å². The lowest BCUT2D eigenvalue weighted by Crippen LogP contribution is -3.19. The van der Waals surface area contributed by atoms with Crippen molar-refractivity contribution in [3.05, 3.63) is 54.6 Å². The third kappa shape index (κ3) is 4.00. The summed E-state index contributed by atoms with van der Waals surface area (Å²) in [5.74, 6) is -0.361. The Balaban J connectivity index is 1.41. The van der Waals surface area contributed by atoms with Crippen molar-refractivity contribution in [3.8, 4) is 5.75 Å². The maximum Gasteiger partial charge on any atom is 0.308 e. The van der Waals surface area contributed by atoms with Crippen molar-refractivity contribution in [2.45, 2.75) is 19.4 Å². The number of ether oxygens (including phenoxy) is 1. The van der Waals surface area contributed by atoms with Crippen LogP contribution in [-0.2, 0) is 14.4 Å². The maximum absolute atomic E-state index is 13.0. The number of hydrogen-bond donors (Lipinski definition) is 1. The zero-order chi connectivity index (χ0) is 20.4. The van der Waals surface area contributed by atoms with E-state index in [9.17, 15) is 14.4 Å². The fourth-order valence-electron chi connectivity index (χ4n) is 4.09. The topological polar surface area (TPSA) is 71.4 Å². The largest absolute Gasteiger partial charge is 0.427 e. The van der Waals surface area contributed by atoms with Crippen LogP contribution in [0.25, 0.3) is 0 Å². The Morgan fingerprint density at radius 1 is 0.966 bits per heavy atom. The summed E-state index contributed by atoms with van der Waals surface area (Å²) >= 11 is 0. The van der Waals surface area contributed by atoms with Gasteiger partial charge in [-0.05, 0) is 36.4 Å². The number of carbonyl (C=O) groups is 3. The molecule has 0 bridgehead atoms. The SMILES string of the molecule is CC(=O)Oc1ccc(N2C(=O)C[C@@H]([NH+]3CCN(c4ccccc4)CC3)C2=O)cc1. The van der Waals surface area contributed by atoms with Gasteiger partial charge in [-0.1, -0.05) is 18.2 Å². The second kappa shape index (κ2) is 8.05. The molecule has 0 spiro atoms. The number of benzene rings is 2. The zero-order valence-corrected chi connectivity index (χ0v) is 16.3. The summed E-state index contributed by atoms with van der Waals surface area (Å²) in [6, 6.07) is 16.4. The number of nitrogens with zero attached hydrogens (tertiary/aromatic N) is 2. The molecule has 4 rings (SSSR count). The minimum absolute atomic E-state index is 0.154. The van der Waals surface area contributed by atoms with E-state index in [1.54, 1.807) is 24.3 Å². The van der Waals surface area contributed by atoms with E-state index in [0.29, 0.717) is 11.4 Å². The van der Waals surface area contributed by atoms with E-state index in [4.69, 9.17) is 4.74 Å². The van der Waals surface area contributed by atoms with Crippen LogP contribution in [0.15, 0.2) is 54.6 Å². The van der Waals surface area contributed by atoms with Crippen molar-refractivity contribution >= 4 is 29.2 Å². The number of rotatable bonds is 4. The van der Waals surface area contributed by atoms with Gasteiger partial charge < -0.3 is 14.5 Å². The maximum atomic E-state index is 13.0. The van der Waals surface area contributed by atoms with Gasteiger partial charge >= 0.3 is 5.97 Å². The zero-order valence-electron chi connectivity index (χ0n) is 16.3. The van der Waals surface area contributed by atoms with E-state index in [-0.39, 0.29) is 24.3 Å². The monoisotopic (exact) mass is 394 g/mol. The first-order valence-electron chi connectivity index (χ1n) is 9.83. The van der Waals surface area contributed by atoms with Gasteiger partial charge in [0.1, 0.15) is 5.75 Å². The minimum atomic E-state index is -0.413. The molecule has 7 nitrogen and oxygen atoms in total. The Kier molecular flexibility index (Phi) is 5.31.